The van der Waals surface area contributed by atoms with Crippen LogP contribution in [0, 0.1) is 0 Å². The van der Waals surface area contributed by atoms with Crippen LogP contribution in [0.3, 0.4) is 0 Å². The third-order valence-corrected chi connectivity index (χ3v) is 9.53. The second-order valence-electron chi connectivity index (χ2n) is 14.7. The van der Waals surface area contributed by atoms with Crippen LogP contribution in [0.25, 0.3) is 0 Å². The summed E-state index contributed by atoms with van der Waals surface area (Å²) in [5, 5.41) is 79.6. The number of aliphatic carboxylic acids is 7. The fourth-order valence-electron chi connectivity index (χ4n) is 6.24. The van der Waals surface area contributed by atoms with E-state index in [1.165, 1.54) is 10.9 Å². The Hall–Kier alpha value is -6.56. The summed E-state index contributed by atoms with van der Waals surface area (Å²) in [6, 6.07) is -4.60. The number of carbonyl (C=O) groups is 10. The van der Waals surface area contributed by atoms with Gasteiger partial charge in [-0.1, -0.05) is 5.21 Å². The average Bonchev–Trinajstić information content (AvgIpc) is 3.65. The van der Waals surface area contributed by atoms with Crippen molar-refractivity contribution < 1.29 is 88.4 Å². The molecular formula is C36H57N11O18. The fourth-order valence-corrected chi connectivity index (χ4v) is 6.24. The number of aromatic nitrogens is 3. The highest BCUT2D eigenvalue weighted by Gasteiger charge is 2.28. The fraction of sp³-hybridized carbons (Fsp3) is 0.667. The van der Waals surface area contributed by atoms with Crippen LogP contribution in [0.4, 0.5) is 4.79 Å². The highest BCUT2D eigenvalue weighted by Crippen LogP contribution is 2.09. The van der Waals surface area contributed by atoms with E-state index in [0.29, 0.717) is 0 Å². The van der Waals surface area contributed by atoms with Crippen LogP contribution in [0.15, 0.2) is 6.20 Å². The Kier molecular flexibility index (Phi) is 24.3. The Labute approximate surface area is 370 Å². The minimum Gasteiger partial charge on any atom is -0.481 e. The van der Waals surface area contributed by atoms with Gasteiger partial charge < -0.3 is 61.3 Å². The van der Waals surface area contributed by atoms with Crippen molar-refractivity contribution in [1.82, 2.24) is 55.4 Å². The predicted molar refractivity (Wildman–Crippen MR) is 216 cm³/mol. The van der Waals surface area contributed by atoms with E-state index in [0.717, 1.165) is 4.90 Å². The van der Waals surface area contributed by atoms with E-state index in [-0.39, 0.29) is 123 Å². The number of ether oxygens (including phenoxy) is 1. The highest BCUT2D eigenvalue weighted by molar-refractivity contribution is 5.87. The van der Waals surface area contributed by atoms with E-state index in [4.69, 9.17) is 9.84 Å². The van der Waals surface area contributed by atoms with Gasteiger partial charge in [-0.3, -0.25) is 53.2 Å². The molecule has 29 heteroatoms. The van der Waals surface area contributed by atoms with Gasteiger partial charge in [0.25, 0.3) is 0 Å². The summed E-state index contributed by atoms with van der Waals surface area (Å²) in [7, 11) is 0. The first-order chi connectivity index (χ1) is 30.7. The Morgan fingerprint density at radius 2 is 1.08 bits per heavy atom. The Morgan fingerprint density at radius 3 is 1.51 bits per heavy atom. The first-order valence-electron chi connectivity index (χ1n) is 20.2. The molecule has 1 fully saturated rings. The van der Waals surface area contributed by atoms with Crippen molar-refractivity contribution in [3.05, 3.63) is 11.9 Å². The molecule has 1 aliphatic rings. The van der Waals surface area contributed by atoms with Crippen molar-refractivity contribution in [3.8, 4) is 0 Å². The smallest absolute Gasteiger partial charge is 0.326 e. The van der Waals surface area contributed by atoms with Gasteiger partial charge in [0.2, 0.25) is 11.8 Å². The molecule has 0 bridgehead atoms. The number of hydrogen-bond donors (Lipinski definition) is 10. The van der Waals surface area contributed by atoms with Gasteiger partial charge in [-0.05, 0) is 12.8 Å². The maximum atomic E-state index is 13.0. The molecule has 65 heavy (non-hydrogen) atoms. The summed E-state index contributed by atoms with van der Waals surface area (Å²) in [4.78, 5) is 126. The van der Waals surface area contributed by atoms with Crippen LogP contribution in [-0.2, 0) is 61.0 Å². The molecule has 1 aromatic heterocycles. The molecule has 0 spiro atoms. The monoisotopic (exact) mass is 931 g/mol. The molecular weight excluding hydrogens is 874 g/mol. The molecule has 1 saturated heterocycles. The molecule has 4 amide bonds. The largest absolute Gasteiger partial charge is 0.481 e. The first kappa shape index (κ1) is 54.6. The molecule has 2 atom stereocenters. The van der Waals surface area contributed by atoms with E-state index in [1.807, 2.05) is 10.6 Å². The number of rotatable bonds is 28. The maximum absolute atomic E-state index is 13.0. The molecule has 1 aliphatic heterocycles. The summed E-state index contributed by atoms with van der Waals surface area (Å²) in [6.07, 6.45) is -0.744. The standard InChI is InChI=1S/C36H57N11O18/c48-27(19-42-6-8-43(20-30(52)53)10-12-45(22-32(56)57)13-11-44(9-7-42)21-31(54)55)37-5-15-65-16-14-47-18-24(40-41-47)17-46(23-33(58)59)28(49)3-1-25(34(60)61)38-36(64)39-26(35(62)63)2-4-29(50)51/h18,25-26H,1-17,19-23H2,(H,37,48)(H,50,51)(H,52,53)(H,54,55)(H,56,57)(H,58,59)(H,60,61)(H,62,63)(H2,38,39,64)/t25-,26-/m0/s1. The zero-order chi connectivity index (χ0) is 48.5. The molecule has 0 radical (unpaired) electrons. The SMILES string of the molecule is O=C(O)CC[C@H](NC(=O)N[C@@H](CCC(=O)N(CC(=O)O)Cc1cn(CCOCCNC(=O)CN2CCN(CC(=O)O)CCN(CC(=O)O)CCN(CC(=O)O)CC2)nn1)C(=O)O)C(=O)O. The lowest BCUT2D eigenvalue weighted by molar-refractivity contribution is -0.145. The van der Waals surface area contributed by atoms with Gasteiger partial charge in [-0.15, -0.1) is 5.10 Å². The number of nitrogens with one attached hydrogen (secondary N) is 3. The number of carboxylic acids is 7. The van der Waals surface area contributed by atoms with E-state index in [2.05, 4.69) is 15.6 Å². The van der Waals surface area contributed by atoms with Gasteiger partial charge in [-0.25, -0.2) is 19.1 Å². The quantitative estimate of drug-likeness (QED) is 0.0352. The third-order valence-electron chi connectivity index (χ3n) is 9.53. The maximum Gasteiger partial charge on any atom is 0.326 e. The zero-order valence-corrected chi connectivity index (χ0v) is 35.5. The number of carbonyl (C=O) groups excluding carboxylic acids is 3. The summed E-state index contributed by atoms with van der Waals surface area (Å²) in [5.74, 6) is -10.3. The van der Waals surface area contributed by atoms with E-state index in [9.17, 15) is 78.6 Å². The van der Waals surface area contributed by atoms with Crippen LogP contribution in [-0.4, -0.2) is 252 Å². The van der Waals surface area contributed by atoms with Crippen molar-refractivity contribution >= 4 is 59.6 Å². The van der Waals surface area contributed by atoms with Gasteiger partial charge in [0.1, 0.15) is 24.3 Å². The topological polar surface area (TPSA) is 405 Å². The Bertz CT molecular complexity index is 1770. The number of nitrogens with zero attached hydrogens (tertiary/aromatic N) is 8. The van der Waals surface area contributed by atoms with Crippen LogP contribution in [0.1, 0.15) is 31.4 Å². The molecule has 0 unspecified atom stereocenters. The van der Waals surface area contributed by atoms with Crippen molar-refractivity contribution in [3.63, 3.8) is 0 Å². The molecule has 364 valence electrons. The lowest BCUT2D eigenvalue weighted by atomic mass is 10.1. The molecule has 2 heterocycles. The lowest BCUT2D eigenvalue weighted by Crippen LogP contribution is -2.51. The van der Waals surface area contributed by atoms with Gasteiger partial charge in [-0.2, -0.15) is 0 Å². The van der Waals surface area contributed by atoms with E-state index < -0.39 is 98.0 Å². The molecule has 0 aliphatic carbocycles. The predicted octanol–water partition coefficient (Wildman–Crippen LogP) is -4.85. The van der Waals surface area contributed by atoms with Gasteiger partial charge in [0, 0.05) is 71.7 Å². The minimum atomic E-state index is -1.71. The summed E-state index contributed by atoms with van der Waals surface area (Å²) < 4.78 is 6.93. The summed E-state index contributed by atoms with van der Waals surface area (Å²) in [5.41, 5.74) is 0.166. The number of urea groups is 1. The second kappa shape index (κ2) is 29.0. The summed E-state index contributed by atoms with van der Waals surface area (Å²) >= 11 is 0. The molecule has 0 aromatic carbocycles. The average molecular weight is 932 g/mol. The Balaban J connectivity index is 1.88. The van der Waals surface area contributed by atoms with Crippen molar-refractivity contribution in [1.29, 1.82) is 0 Å². The van der Waals surface area contributed by atoms with Crippen molar-refractivity contribution in [2.24, 2.45) is 0 Å². The van der Waals surface area contributed by atoms with Crippen LogP contribution in [0.2, 0.25) is 0 Å². The highest BCUT2D eigenvalue weighted by atomic mass is 16.5. The number of carboxylic acid groups (broad SMARTS) is 7. The molecule has 29 nitrogen and oxygen atoms in total. The normalized spacial score (nSPS) is 15.6. The summed E-state index contributed by atoms with van der Waals surface area (Å²) in [6.45, 7) is 0.256. The van der Waals surface area contributed by atoms with Gasteiger partial charge in [0.15, 0.2) is 0 Å². The zero-order valence-electron chi connectivity index (χ0n) is 35.5. The molecule has 0 saturated carbocycles. The van der Waals surface area contributed by atoms with Crippen molar-refractivity contribution in [2.75, 3.05) is 105 Å². The molecule has 2 rings (SSSR count). The third kappa shape index (κ3) is 24.2. The first-order valence-corrected chi connectivity index (χ1v) is 20.2. The Morgan fingerprint density at radius 1 is 0.615 bits per heavy atom. The van der Waals surface area contributed by atoms with Gasteiger partial charge in [0.05, 0.1) is 58.7 Å². The van der Waals surface area contributed by atoms with Crippen LogP contribution in [0.5, 0.6) is 0 Å². The molecule has 1 aromatic rings. The van der Waals surface area contributed by atoms with Crippen molar-refractivity contribution in [2.45, 2.75) is 50.9 Å². The number of amides is 4. The molecule has 10 N–H and O–H groups in total. The van der Waals surface area contributed by atoms with E-state index in [1.54, 1.807) is 19.6 Å². The second-order valence-corrected chi connectivity index (χ2v) is 14.7. The van der Waals surface area contributed by atoms with Crippen LogP contribution < -0.4 is 16.0 Å². The van der Waals surface area contributed by atoms with E-state index >= 15 is 0 Å². The van der Waals surface area contributed by atoms with Gasteiger partial charge >= 0.3 is 47.8 Å². The van der Waals surface area contributed by atoms with Crippen LogP contribution >= 0.6 is 0 Å². The minimum absolute atomic E-state index is 0.0819. The lowest BCUT2D eigenvalue weighted by Gasteiger charge is -2.32. The number of hydrogen-bond acceptors (Lipinski definition) is 17.